The van der Waals surface area contributed by atoms with Crippen molar-refractivity contribution in [2.45, 2.75) is 11.7 Å². The van der Waals surface area contributed by atoms with Gasteiger partial charge >= 0.3 is 5.16 Å². The van der Waals surface area contributed by atoms with Gasteiger partial charge in [-0.15, -0.1) is 0 Å². The smallest absolute Gasteiger partial charge is 0.317 e. The average Bonchev–Trinajstić information content (AvgIpc) is 3.16. The van der Waals surface area contributed by atoms with E-state index in [1.165, 1.54) is 35.7 Å². The number of H-pyrrole nitrogens is 1. The summed E-state index contributed by atoms with van der Waals surface area (Å²) in [4.78, 5) is 26.5. The van der Waals surface area contributed by atoms with Crippen LogP contribution in [-0.4, -0.2) is 28.8 Å². The van der Waals surface area contributed by atoms with Gasteiger partial charge in [-0.2, -0.15) is 5.10 Å². The van der Waals surface area contributed by atoms with E-state index in [-0.39, 0.29) is 17.2 Å². The second-order valence-corrected chi connectivity index (χ2v) is 7.97. The molecule has 0 unspecified atom stereocenters. The van der Waals surface area contributed by atoms with Crippen molar-refractivity contribution < 1.29 is 19.3 Å². The molecule has 8 heteroatoms. The number of benzene rings is 3. The van der Waals surface area contributed by atoms with Gasteiger partial charge < -0.3 is 9.90 Å². The number of carbonyl (C=O) groups excluding carboxylic acids is 2. The van der Waals surface area contributed by atoms with E-state index < -0.39 is 5.97 Å². The number of para-hydroxylation sites is 2. The molecule has 4 rings (SSSR count). The van der Waals surface area contributed by atoms with Gasteiger partial charge in [0.2, 0.25) is 0 Å². The minimum atomic E-state index is -1.24. The molecule has 0 atom stereocenters. The van der Waals surface area contributed by atoms with Gasteiger partial charge in [0.05, 0.1) is 17.9 Å². The number of hydrazone groups is 1. The number of nitrogens with one attached hydrogen (secondary N) is 2. The van der Waals surface area contributed by atoms with Gasteiger partial charge in [0.15, 0.2) is 11.0 Å². The quantitative estimate of drug-likeness (QED) is 0.188. The van der Waals surface area contributed by atoms with Gasteiger partial charge in [-0.25, -0.2) is 15.0 Å². The Labute approximate surface area is 188 Å². The van der Waals surface area contributed by atoms with Crippen LogP contribution in [0.3, 0.4) is 0 Å². The van der Waals surface area contributed by atoms with Crippen LogP contribution < -0.4 is 15.1 Å². The Kier molecular flexibility index (Phi) is 6.62. The second-order valence-electron chi connectivity index (χ2n) is 7.01. The number of aromatic carboxylic acids is 1. The van der Waals surface area contributed by atoms with Gasteiger partial charge in [-0.3, -0.25) is 4.79 Å². The summed E-state index contributed by atoms with van der Waals surface area (Å²) >= 11 is 1.40. The summed E-state index contributed by atoms with van der Waals surface area (Å²) in [6.45, 7) is 0.689. The zero-order valence-electron chi connectivity index (χ0n) is 17.0. The number of imidazole rings is 1. The van der Waals surface area contributed by atoms with Gasteiger partial charge in [-0.05, 0) is 40.6 Å². The van der Waals surface area contributed by atoms with E-state index in [0.717, 1.165) is 16.2 Å². The van der Waals surface area contributed by atoms with E-state index >= 15 is 0 Å². The number of carboxylic acids is 1. The summed E-state index contributed by atoms with van der Waals surface area (Å²) < 4.78 is 2.16. The standard InChI is InChI=1S/C24H20N4O3S/c29-22(27-25-14-17-10-12-19(13-11-17)23(30)31)16-32-24-26-20-8-4-5-9-21(20)28(24)15-18-6-2-1-3-7-18/h1-14H,15-16H2,(H2,27,29,30,31). The molecule has 4 aromatic rings. The number of nitrogens with zero attached hydrogens (tertiary/aromatic N) is 2. The molecular formula is C24H20N4O3S. The van der Waals surface area contributed by atoms with Crippen LogP contribution >= 0.6 is 11.8 Å². The van der Waals surface area contributed by atoms with Crippen molar-refractivity contribution in [3.8, 4) is 0 Å². The van der Waals surface area contributed by atoms with Crippen LogP contribution in [0.5, 0.6) is 0 Å². The molecule has 0 radical (unpaired) electrons. The van der Waals surface area contributed by atoms with Gasteiger partial charge in [0, 0.05) is 0 Å². The maximum absolute atomic E-state index is 12.3. The number of hydrogen-bond acceptors (Lipinski definition) is 5. The lowest BCUT2D eigenvalue weighted by Gasteiger charge is -2.03. The van der Waals surface area contributed by atoms with Crippen molar-refractivity contribution in [1.29, 1.82) is 0 Å². The maximum atomic E-state index is 12.3. The number of fused-ring (bicyclic) bond motifs is 1. The fourth-order valence-corrected chi connectivity index (χ4v) is 4.03. The summed E-state index contributed by atoms with van der Waals surface area (Å²) in [5.74, 6) is -1.30. The molecule has 2 N–H and O–H groups in total. The highest BCUT2D eigenvalue weighted by atomic mass is 32.2. The normalized spacial score (nSPS) is 11.1. The number of carbonyl (C=O) groups is 2. The van der Waals surface area contributed by atoms with Crippen molar-refractivity contribution >= 4 is 40.9 Å². The number of carboxylic acid groups (broad SMARTS) is 1. The minimum absolute atomic E-state index is 0.0877. The molecule has 0 saturated heterocycles. The van der Waals surface area contributed by atoms with E-state index in [2.05, 4.69) is 38.3 Å². The zero-order valence-corrected chi connectivity index (χ0v) is 17.8. The van der Waals surface area contributed by atoms with E-state index in [9.17, 15) is 14.7 Å². The Bertz CT molecular complexity index is 1270. The van der Waals surface area contributed by atoms with E-state index in [1.807, 2.05) is 36.4 Å². The Morgan fingerprint density at radius 2 is 1.72 bits per heavy atom. The van der Waals surface area contributed by atoms with Crippen LogP contribution in [-0.2, 0) is 11.3 Å². The average molecular weight is 445 g/mol. The molecule has 160 valence electrons. The van der Waals surface area contributed by atoms with Crippen LogP contribution in [0.4, 0.5) is 0 Å². The maximum Gasteiger partial charge on any atom is 0.317 e. The third-order valence-electron chi connectivity index (χ3n) is 4.75. The number of aromatic nitrogens is 2. The van der Waals surface area contributed by atoms with Crippen molar-refractivity contribution in [1.82, 2.24) is 10.4 Å². The number of thioether (sulfide) groups is 1. The number of hydrogen-bond donors (Lipinski definition) is 2. The monoisotopic (exact) mass is 444 g/mol. The fourth-order valence-electron chi connectivity index (χ4n) is 3.19. The highest BCUT2D eigenvalue weighted by molar-refractivity contribution is 7.99. The van der Waals surface area contributed by atoms with Crippen molar-refractivity contribution in [3.63, 3.8) is 0 Å². The first-order valence-corrected chi connectivity index (χ1v) is 10.9. The van der Waals surface area contributed by atoms with E-state index in [1.54, 1.807) is 12.1 Å². The lowest BCUT2D eigenvalue weighted by atomic mass is 10.1. The van der Waals surface area contributed by atoms with Crippen LogP contribution in [0.2, 0.25) is 0 Å². The predicted octanol–water partition coefficient (Wildman–Crippen LogP) is 2.11. The van der Waals surface area contributed by atoms with Crippen molar-refractivity contribution in [2.24, 2.45) is 5.10 Å². The zero-order chi connectivity index (χ0) is 22.3. The molecule has 1 amide bonds. The molecule has 0 spiro atoms. The third kappa shape index (κ3) is 5.22. The van der Waals surface area contributed by atoms with E-state index in [0.29, 0.717) is 12.1 Å². The number of amides is 1. The van der Waals surface area contributed by atoms with Crippen LogP contribution in [0, 0.1) is 0 Å². The lowest BCUT2D eigenvalue weighted by Crippen LogP contribution is -2.36. The molecule has 3 aromatic carbocycles. The topological polar surface area (TPSA) is 101 Å². The van der Waals surface area contributed by atoms with E-state index in [4.69, 9.17) is 0 Å². The second kappa shape index (κ2) is 9.93. The summed E-state index contributed by atoms with van der Waals surface area (Å²) in [6.07, 6.45) is 1.46. The van der Waals surface area contributed by atoms with Crippen molar-refractivity contribution in [2.75, 3.05) is 5.75 Å². The Hall–Kier alpha value is -3.91. The van der Waals surface area contributed by atoms with Gasteiger partial charge in [0.25, 0.3) is 5.91 Å². The molecular weight excluding hydrogens is 424 g/mol. The predicted molar refractivity (Wildman–Crippen MR) is 121 cm³/mol. The first kappa shape index (κ1) is 21.3. The molecule has 0 aliphatic rings. The lowest BCUT2D eigenvalue weighted by molar-refractivity contribution is -0.700. The first-order chi connectivity index (χ1) is 15.6. The largest absolute Gasteiger partial charge is 0.545 e. The summed E-state index contributed by atoms with van der Waals surface area (Å²) in [6, 6.07) is 24.2. The minimum Gasteiger partial charge on any atom is -0.545 e. The Morgan fingerprint density at radius 1 is 1.00 bits per heavy atom. The van der Waals surface area contributed by atoms with Gasteiger partial charge in [0.1, 0.15) is 6.54 Å². The highest BCUT2D eigenvalue weighted by Gasteiger charge is 2.20. The first-order valence-electron chi connectivity index (χ1n) is 9.91. The molecule has 1 aromatic heterocycles. The number of rotatable bonds is 8. The molecule has 1 heterocycles. The Balaban J connectivity index is 1.40. The molecule has 0 bridgehead atoms. The molecule has 0 aliphatic carbocycles. The number of aromatic amines is 1. The fraction of sp³-hybridized carbons (Fsp3) is 0.0833. The molecule has 32 heavy (non-hydrogen) atoms. The SMILES string of the molecule is O=C(CSc1[nH]c2ccccc2[n+]1Cc1ccccc1)NN=Cc1ccc(C(=O)[O-])cc1. The summed E-state index contributed by atoms with van der Waals surface area (Å²) in [5, 5.41) is 15.6. The third-order valence-corrected chi connectivity index (χ3v) is 5.76. The molecule has 0 saturated carbocycles. The molecule has 0 fully saturated rings. The molecule has 7 nitrogen and oxygen atoms in total. The molecule has 0 aliphatic heterocycles. The van der Waals surface area contributed by atoms with Crippen LogP contribution in [0.1, 0.15) is 21.5 Å². The van der Waals surface area contributed by atoms with Gasteiger partial charge in [-0.1, -0.05) is 66.7 Å². The highest BCUT2D eigenvalue weighted by Crippen LogP contribution is 2.18. The Morgan fingerprint density at radius 3 is 2.47 bits per heavy atom. The summed E-state index contributed by atoms with van der Waals surface area (Å²) in [5.41, 5.74) is 6.49. The van der Waals surface area contributed by atoms with Crippen molar-refractivity contribution in [3.05, 3.63) is 95.6 Å². The summed E-state index contributed by atoms with van der Waals surface area (Å²) in [7, 11) is 0. The van der Waals surface area contributed by atoms with Crippen LogP contribution in [0.15, 0.2) is 89.1 Å². The van der Waals surface area contributed by atoms with Crippen LogP contribution in [0.25, 0.3) is 11.0 Å².